The third kappa shape index (κ3) is 4.21. The molecule has 10 heteroatoms. The van der Waals surface area contributed by atoms with Gasteiger partial charge in [0.25, 0.3) is 5.91 Å². The summed E-state index contributed by atoms with van der Waals surface area (Å²) in [7, 11) is -3.99. The van der Waals surface area contributed by atoms with Gasteiger partial charge in [0.05, 0.1) is 17.0 Å². The number of anilines is 2. The van der Waals surface area contributed by atoms with Gasteiger partial charge in [-0.3, -0.25) is 14.4 Å². The fourth-order valence-electron chi connectivity index (χ4n) is 3.66. The molecule has 4 rings (SSSR count). The lowest BCUT2D eigenvalue weighted by Gasteiger charge is -2.26. The van der Waals surface area contributed by atoms with E-state index in [4.69, 9.17) is 11.6 Å². The van der Waals surface area contributed by atoms with E-state index in [1.165, 1.54) is 35.5 Å². The normalized spacial score (nSPS) is 19.2. The maximum absolute atomic E-state index is 13.3. The topological polar surface area (TPSA) is 104 Å². The molecule has 1 saturated heterocycles. The molecule has 31 heavy (non-hydrogen) atoms. The van der Waals surface area contributed by atoms with Crippen molar-refractivity contribution in [2.24, 2.45) is 0 Å². The molecule has 2 aromatic carbocycles. The van der Waals surface area contributed by atoms with Crippen molar-refractivity contribution in [3.05, 3.63) is 53.6 Å². The summed E-state index contributed by atoms with van der Waals surface area (Å²) >= 11 is 5.87. The van der Waals surface area contributed by atoms with Gasteiger partial charge in [-0.15, -0.1) is 0 Å². The average molecular weight is 462 g/mol. The lowest BCUT2D eigenvalue weighted by molar-refractivity contribution is -0.122. The molecule has 1 unspecified atom stereocenters. The molecular formula is C21H20ClN3O5S. The van der Waals surface area contributed by atoms with Crippen LogP contribution in [0.3, 0.4) is 0 Å². The van der Waals surface area contributed by atoms with Gasteiger partial charge in [0, 0.05) is 23.7 Å². The summed E-state index contributed by atoms with van der Waals surface area (Å²) in [6.07, 6.45) is 1.04. The Morgan fingerprint density at radius 3 is 2.23 bits per heavy atom. The van der Waals surface area contributed by atoms with Crippen LogP contribution in [0.25, 0.3) is 0 Å². The lowest BCUT2D eigenvalue weighted by atomic mass is 10.2. The largest absolute Gasteiger partial charge is 0.326 e. The van der Waals surface area contributed by atoms with Crippen LogP contribution in [0.2, 0.25) is 5.02 Å². The molecule has 1 saturated carbocycles. The van der Waals surface area contributed by atoms with E-state index in [0.717, 1.165) is 4.90 Å². The summed E-state index contributed by atoms with van der Waals surface area (Å²) in [5, 5.41) is 3.01. The average Bonchev–Trinajstić information content (AvgIpc) is 3.49. The van der Waals surface area contributed by atoms with Crippen LogP contribution in [0.1, 0.15) is 26.2 Å². The predicted molar refractivity (Wildman–Crippen MR) is 115 cm³/mol. The van der Waals surface area contributed by atoms with Crippen molar-refractivity contribution in [1.29, 1.82) is 0 Å². The first-order valence-corrected chi connectivity index (χ1v) is 11.5. The minimum Gasteiger partial charge on any atom is -0.326 e. The number of nitrogens with one attached hydrogen (secondary N) is 1. The number of carbonyl (C=O) groups excluding carboxylic acids is 3. The highest BCUT2D eigenvalue weighted by Gasteiger charge is 2.51. The van der Waals surface area contributed by atoms with Gasteiger partial charge in [0.2, 0.25) is 21.8 Å². The van der Waals surface area contributed by atoms with E-state index in [0.29, 0.717) is 29.2 Å². The number of rotatable bonds is 6. The number of benzene rings is 2. The van der Waals surface area contributed by atoms with Crippen LogP contribution < -0.4 is 10.2 Å². The summed E-state index contributed by atoms with van der Waals surface area (Å²) in [6.45, 7) is 1.37. The van der Waals surface area contributed by atoms with Crippen molar-refractivity contribution in [2.45, 2.75) is 43.2 Å². The molecule has 2 aliphatic rings. The van der Waals surface area contributed by atoms with Crippen molar-refractivity contribution < 1.29 is 22.8 Å². The molecule has 162 valence electrons. The molecule has 1 aliphatic carbocycles. The summed E-state index contributed by atoms with van der Waals surface area (Å²) in [6, 6.07) is 10.6. The molecule has 2 aromatic rings. The third-order valence-corrected chi connectivity index (χ3v) is 7.40. The minimum atomic E-state index is -3.99. The zero-order valence-electron chi connectivity index (χ0n) is 16.6. The monoisotopic (exact) mass is 461 g/mol. The molecule has 1 heterocycles. The van der Waals surface area contributed by atoms with E-state index in [9.17, 15) is 22.8 Å². The number of amides is 3. The van der Waals surface area contributed by atoms with E-state index in [-0.39, 0.29) is 23.3 Å². The summed E-state index contributed by atoms with van der Waals surface area (Å²) in [5.41, 5.74) is 0.850. The van der Waals surface area contributed by atoms with E-state index < -0.39 is 27.9 Å². The Morgan fingerprint density at radius 1 is 1.06 bits per heavy atom. The maximum atomic E-state index is 13.3. The zero-order chi connectivity index (χ0) is 22.3. The standard InChI is InChI=1S/C21H20ClN3O5S/c1-13(26)23-15-4-6-16(7-5-15)24-20(27)12-19(21(24)28)25(17-8-9-17)31(29,30)18-10-2-14(22)3-11-18/h2-7,10-11,17,19H,8-9,12H2,1H3,(H,23,26). The molecule has 1 atom stereocenters. The SMILES string of the molecule is CC(=O)Nc1ccc(N2C(=O)CC(N(C3CC3)S(=O)(=O)c3ccc(Cl)cc3)C2=O)cc1. The fraction of sp³-hybridized carbons (Fsp3) is 0.286. The Labute approximate surface area is 184 Å². The third-order valence-electron chi connectivity index (χ3n) is 5.17. The fourth-order valence-corrected chi connectivity index (χ4v) is 5.61. The summed E-state index contributed by atoms with van der Waals surface area (Å²) < 4.78 is 27.8. The lowest BCUT2D eigenvalue weighted by Crippen LogP contribution is -2.46. The number of carbonyl (C=O) groups is 3. The first-order valence-electron chi connectivity index (χ1n) is 9.72. The quantitative estimate of drug-likeness (QED) is 0.666. The Kier molecular flexibility index (Phi) is 5.59. The zero-order valence-corrected chi connectivity index (χ0v) is 18.2. The predicted octanol–water partition coefficient (Wildman–Crippen LogP) is 2.78. The van der Waals surface area contributed by atoms with E-state index in [2.05, 4.69) is 5.32 Å². The smallest absolute Gasteiger partial charge is 0.252 e. The molecule has 0 aromatic heterocycles. The van der Waals surface area contributed by atoms with Crippen molar-refractivity contribution in [3.63, 3.8) is 0 Å². The summed E-state index contributed by atoms with van der Waals surface area (Å²) in [4.78, 5) is 38.1. The maximum Gasteiger partial charge on any atom is 0.252 e. The van der Waals surface area contributed by atoms with Gasteiger partial charge < -0.3 is 5.32 Å². The van der Waals surface area contributed by atoms with Gasteiger partial charge in [0.1, 0.15) is 6.04 Å². The number of hydrogen-bond donors (Lipinski definition) is 1. The highest BCUT2D eigenvalue weighted by Crippen LogP contribution is 2.38. The number of halogens is 1. The second kappa shape index (κ2) is 8.07. The number of nitrogens with zero attached hydrogens (tertiary/aromatic N) is 2. The molecule has 2 fully saturated rings. The Balaban J connectivity index is 1.63. The van der Waals surface area contributed by atoms with Gasteiger partial charge >= 0.3 is 0 Å². The van der Waals surface area contributed by atoms with Gasteiger partial charge in [-0.25, -0.2) is 13.3 Å². The van der Waals surface area contributed by atoms with Crippen molar-refractivity contribution in [2.75, 3.05) is 10.2 Å². The molecule has 0 bridgehead atoms. The number of hydrogen-bond acceptors (Lipinski definition) is 5. The van der Waals surface area contributed by atoms with Gasteiger partial charge in [-0.1, -0.05) is 11.6 Å². The Hall–Kier alpha value is -2.75. The molecule has 0 radical (unpaired) electrons. The van der Waals surface area contributed by atoms with Crippen LogP contribution in [-0.4, -0.2) is 42.5 Å². The highest BCUT2D eigenvalue weighted by molar-refractivity contribution is 7.89. The van der Waals surface area contributed by atoms with Crippen LogP contribution in [0.4, 0.5) is 11.4 Å². The van der Waals surface area contributed by atoms with Crippen molar-refractivity contribution in [3.8, 4) is 0 Å². The molecule has 0 spiro atoms. The van der Waals surface area contributed by atoms with Crippen LogP contribution in [0.15, 0.2) is 53.4 Å². The molecular weight excluding hydrogens is 442 g/mol. The highest BCUT2D eigenvalue weighted by atomic mass is 35.5. The minimum absolute atomic E-state index is 0.0298. The van der Waals surface area contributed by atoms with Crippen molar-refractivity contribution in [1.82, 2.24) is 4.31 Å². The van der Waals surface area contributed by atoms with Crippen LogP contribution in [0.5, 0.6) is 0 Å². The van der Waals surface area contributed by atoms with Crippen LogP contribution in [0, 0.1) is 0 Å². The van der Waals surface area contributed by atoms with Gasteiger partial charge in [-0.2, -0.15) is 4.31 Å². The van der Waals surface area contributed by atoms with E-state index >= 15 is 0 Å². The molecule has 1 N–H and O–H groups in total. The van der Waals surface area contributed by atoms with Crippen LogP contribution >= 0.6 is 11.6 Å². The first-order chi connectivity index (χ1) is 14.7. The number of sulfonamides is 1. The molecule has 8 nitrogen and oxygen atoms in total. The number of imide groups is 1. The van der Waals surface area contributed by atoms with Crippen LogP contribution in [-0.2, 0) is 24.4 Å². The second-order valence-corrected chi connectivity index (χ2v) is 9.82. The van der Waals surface area contributed by atoms with Gasteiger partial charge in [-0.05, 0) is 61.4 Å². The Morgan fingerprint density at radius 2 is 1.68 bits per heavy atom. The van der Waals surface area contributed by atoms with Crippen molar-refractivity contribution >= 4 is 50.7 Å². The van der Waals surface area contributed by atoms with E-state index in [1.807, 2.05) is 0 Å². The first kappa shape index (κ1) is 21.5. The Bertz CT molecular complexity index is 1140. The molecule has 3 amide bonds. The van der Waals surface area contributed by atoms with Gasteiger partial charge in [0.15, 0.2) is 0 Å². The molecule has 1 aliphatic heterocycles. The second-order valence-electron chi connectivity index (χ2n) is 7.54. The van der Waals surface area contributed by atoms with E-state index in [1.54, 1.807) is 24.3 Å². The summed E-state index contributed by atoms with van der Waals surface area (Å²) in [5.74, 6) is -1.30.